The fraction of sp³-hybridized carbons (Fsp3) is 0.706. The maximum absolute atomic E-state index is 4.50. The predicted octanol–water partition coefficient (Wildman–Crippen LogP) is 3.21. The Kier molecular flexibility index (Phi) is 3.72. The Balaban J connectivity index is 1.66. The molecule has 3 heteroatoms. The van der Waals surface area contributed by atoms with E-state index in [1.807, 2.05) is 6.20 Å². The van der Waals surface area contributed by atoms with E-state index >= 15 is 0 Å². The molecule has 1 aromatic rings. The highest BCUT2D eigenvalue weighted by Crippen LogP contribution is 2.39. The van der Waals surface area contributed by atoms with Crippen molar-refractivity contribution in [1.29, 1.82) is 0 Å². The summed E-state index contributed by atoms with van der Waals surface area (Å²) in [5, 5.41) is 3.51. The van der Waals surface area contributed by atoms with Gasteiger partial charge in [0.05, 0.1) is 5.69 Å². The van der Waals surface area contributed by atoms with Crippen molar-refractivity contribution in [3.05, 3.63) is 24.0 Å². The molecule has 1 N–H and O–H groups in total. The molecule has 20 heavy (non-hydrogen) atoms. The van der Waals surface area contributed by atoms with Crippen LogP contribution in [-0.2, 0) is 6.54 Å². The van der Waals surface area contributed by atoms with Crippen LogP contribution < -0.4 is 10.2 Å². The van der Waals surface area contributed by atoms with E-state index in [2.05, 4.69) is 48.1 Å². The normalized spacial score (nSPS) is 26.1. The van der Waals surface area contributed by atoms with E-state index in [0.29, 0.717) is 0 Å². The van der Waals surface area contributed by atoms with Gasteiger partial charge >= 0.3 is 0 Å². The molecular formula is C17H27N3. The van der Waals surface area contributed by atoms with Crippen molar-refractivity contribution in [3.63, 3.8) is 0 Å². The van der Waals surface area contributed by atoms with Crippen LogP contribution in [0.4, 0.5) is 5.69 Å². The summed E-state index contributed by atoms with van der Waals surface area (Å²) in [5.41, 5.74) is 2.65. The zero-order chi connectivity index (χ0) is 14.2. The van der Waals surface area contributed by atoms with Gasteiger partial charge in [-0.2, -0.15) is 0 Å². The lowest BCUT2D eigenvalue weighted by atomic mass is 10.0. The minimum absolute atomic E-state index is 0.141. The fourth-order valence-corrected chi connectivity index (χ4v) is 3.56. The molecule has 1 aliphatic carbocycles. The Hall–Kier alpha value is -1.09. The highest BCUT2D eigenvalue weighted by Gasteiger charge is 2.36. The summed E-state index contributed by atoms with van der Waals surface area (Å²) in [6.07, 6.45) is 6.28. The molecule has 0 aromatic carbocycles. The molecule has 110 valence electrons. The molecule has 2 heterocycles. The second kappa shape index (κ2) is 5.36. The summed E-state index contributed by atoms with van der Waals surface area (Å²) in [6, 6.07) is 4.43. The summed E-state index contributed by atoms with van der Waals surface area (Å²) < 4.78 is 0. The quantitative estimate of drug-likeness (QED) is 0.916. The van der Waals surface area contributed by atoms with E-state index in [9.17, 15) is 0 Å². The number of hydrogen-bond donors (Lipinski definition) is 1. The standard InChI is InChI=1S/C17H27N3/c1-17(2,3)19-10-15-9-16(7-8-18-15)20-11-13-5-4-6-14(13)12-20/h7-9,13-14,19H,4-6,10-12H2,1-3H3. The van der Waals surface area contributed by atoms with E-state index in [4.69, 9.17) is 0 Å². The first kappa shape index (κ1) is 13.9. The number of fused-ring (bicyclic) bond motifs is 1. The summed E-state index contributed by atoms with van der Waals surface area (Å²) in [5.74, 6) is 1.89. The Morgan fingerprint density at radius 3 is 2.60 bits per heavy atom. The van der Waals surface area contributed by atoms with Gasteiger partial charge in [0.25, 0.3) is 0 Å². The second-order valence-corrected chi connectivity index (χ2v) is 7.46. The first-order valence-corrected chi connectivity index (χ1v) is 7.96. The van der Waals surface area contributed by atoms with Crippen LogP contribution in [0, 0.1) is 11.8 Å². The fourth-order valence-electron chi connectivity index (χ4n) is 3.56. The number of rotatable bonds is 3. The molecular weight excluding hydrogens is 246 g/mol. The number of anilines is 1. The average molecular weight is 273 g/mol. The SMILES string of the molecule is CC(C)(C)NCc1cc(N2CC3CCCC3C2)ccn1. The van der Waals surface area contributed by atoms with Crippen LogP contribution in [0.1, 0.15) is 45.7 Å². The number of nitrogens with zero attached hydrogens (tertiary/aromatic N) is 2. The van der Waals surface area contributed by atoms with E-state index in [-0.39, 0.29) is 5.54 Å². The summed E-state index contributed by atoms with van der Waals surface area (Å²) in [7, 11) is 0. The van der Waals surface area contributed by atoms with E-state index < -0.39 is 0 Å². The molecule has 2 atom stereocenters. The molecule has 0 radical (unpaired) electrons. The zero-order valence-corrected chi connectivity index (χ0v) is 13.0. The van der Waals surface area contributed by atoms with Crippen LogP contribution in [0.2, 0.25) is 0 Å². The molecule has 1 aromatic heterocycles. The summed E-state index contributed by atoms with van der Waals surface area (Å²) in [4.78, 5) is 7.06. The third kappa shape index (κ3) is 3.14. The van der Waals surface area contributed by atoms with Crippen LogP contribution in [-0.4, -0.2) is 23.6 Å². The van der Waals surface area contributed by atoms with Gasteiger partial charge in [-0.3, -0.25) is 4.98 Å². The smallest absolute Gasteiger partial charge is 0.0562 e. The second-order valence-electron chi connectivity index (χ2n) is 7.46. The van der Waals surface area contributed by atoms with Crippen LogP contribution in [0.15, 0.2) is 18.3 Å². The van der Waals surface area contributed by atoms with E-state index in [1.165, 1.54) is 38.0 Å². The van der Waals surface area contributed by atoms with Gasteiger partial charge in [-0.1, -0.05) is 6.42 Å². The van der Waals surface area contributed by atoms with Gasteiger partial charge in [0.1, 0.15) is 0 Å². The van der Waals surface area contributed by atoms with Crippen LogP contribution in [0.3, 0.4) is 0 Å². The van der Waals surface area contributed by atoms with Gasteiger partial charge in [-0.15, -0.1) is 0 Å². The molecule has 0 spiro atoms. The third-order valence-corrected chi connectivity index (χ3v) is 4.69. The topological polar surface area (TPSA) is 28.2 Å². The maximum atomic E-state index is 4.50. The Morgan fingerprint density at radius 1 is 1.25 bits per heavy atom. The predicted molar refractivity (Wildman–Crippen MR) is 83.9 cm³/mol. The largest absolute Gasteiger partial charge is 0.371 e. The van der Waals surface area contributed by atoms with Crippen molar-refractivity contribution < 1.29 is 0 Å². The molecule has 0 bridgehead atoms. The molecule has 3 nitrogen and oxygen atoms in total. The third-order valence-electron chi connectivity index (χ3n) is 4.69. The lowest BCUT2D eigenvalue weighted by molar-refractivity contribution is 0.421. The van der Waals surface area contributed by atoms with Gasteiger partial charge in [0.2, 0.25) is 0 Å². The number of hydrogen-bond acceptors (Lipinski definition) is 3. The number of pyridine rings is 1. The Labute approximate surface area is 122 Å². The van der Waals surface area contributed by atoms with Gasteiger partial charge in [0.15, 0.2) is 0 Å². The van der Waals surface area contributed by atoms with Crippen molar-refractivity contribution in [1.82, 2.24) is 10.3 Å². The Morgan fingerprint density at radius 2 is 1.95 bits per heavy atom. The lowest BCUT2D eigenvalue weighted by Crippen LogP contribution is -2.35. The monoisotopic (exact) mass is 273 g/mol. The highest BCUT2D eigenvalue weighted by atomic mass is 15.2. The van der Waals surface area contributed by atoms with Crippen LogP contribution >= 0.6 is 0 Å². The van der Waals surface area contributed by atoms with Crippen LogP contribution in [0.25, 0.3) is 0 Å². The van der Waals surface area contributed by atoms with Crippen molar-refractivity contribution in [2.75, 3.05) is 18.0 Å². The van der Waals surface area contributed by atoms with Gasteiger partial charge < -0.3 is 10.2 Å². The van der Waals surface area contributed by atoms with Gasteiger partial charge in [0, 0.05) is 37.1 Å². The van der Waals surface area contributed by atoms with Crippen molar-refractivity contribution in [3.8, 4) is 0 Å². The molecule has 1 saturated heterocycles. The number of nitrogens with one attached hydrogen (secondary N) is 1. The minimum atomic E-state index is 0.141. The first-order chi connectivity index (χ1) is 9.51. The van der Waals surface area contributed by atoms with Crippen molar-refractivity contribution in [2.45, 2.75) is 52.1 Å². The van der Waals surface area contributed by atoms with E-state index in [0.717, 1.165) is 24.1 Å². The Bertz CT molecular complexity index is 452. The molecule has 2 unspecified atom stereocenters. The summed E-state index contributed by atoms with van der Waals surface area (Å²) in [6.45, 7) is 9.93. The van der Waals surface area contributed by atoms with Crippen LogP contribution in [0.5, 0.6) is 0 Å². The van der Waals surface area contributed by atoms with Crippen molar-refractivity contribution in [2.24, 2.45) is 11.8 Å². The van der Waals surface area contributed by atoms with E-state index in [1.54, 1.807) is 0 Å². The molecule has 2 fully saturated rings. The molecule has 1 aliphatic heterocycles. The maximum Gasteiger partial charge on any atom is 0.0562 e. The minimum Gasteiger partial charge on any atom is -0.371 e. The molecule has 3 rings (SSSR count). The average Bonchev–Trinajstić information content (AvgIpc) is 2.96. The number of aromatic nitrogens is 1. The first-order valence-electron chi connectivity index (χ1n) is 7.96. The molecule has 1 saturated carbocycles. The molecule has 2 aliphatic rings. The van der Waals surface area contributed by atoms with Gasteiger partial charge in [-0.05, 0) is 57.6 Å². The summed E-state index contributed by atoms with van der Waals surface area (Å²) >= 11 is 0. The zero-order valence-electron chi connectivity index (χ0n) is 13.0. The van der Waals surface area contributed by atoms with Crippen molar-refractivity contribution >= 4 is 5.69 Å². The lowest BCUT2D eigenvalue weighted by Gasteiger charge is -2.22. The highest BCUT2D eigenvalue weighted by molar-refractivity contribution is 5.48. The van der Waals surface area contributed by atoms with Gasteiger partial charge in [-0.25, -0.2) is 0 Å². The molecule has 0 amide bonds.